The summed E-state index contributed by atoms with van der Waals surface area (Å²) in [4.78, 5) is 13.6. The van der Waals surface area contributed by atoms with Crippen LogP contribution in [0.15, 0.2) is 42.5 Å². The van der Waals surface area contributed by atoms with Crippen molar-refractivity contribution in [2.75, 3.05) is 24.3 Å². The molecule has 0 bridgehead atoms. The Kier molecular flexibility index (Phi) is 4.85. The van der Waals surface area contributed by atoms with Crippen molar-refractivity contribution < 1.29 is 18.0 Å². The monoisotopic (exact) mass is 342 g/mol. The minimum atomic E-state index is -4.57. The van der Waals surface area contributed by atoms with Crippen LogP contribution in [0.4, 0.5) is 24.5 Å². The second-order valence-electron chi connectivity index (χ2n) is 5.08. The van der Waals surface area contributed by atoms with E-state index in [-0.39, 0.29) is 11.3 Å². The van der Waals surface area contributed by atoms with E-state index in [1.165, 1.54) is 36.4 Å². The van der Waals surface area contributed by atoms with Crippen molar-refractivity contribution in [3.8, 4) is 0 Å². The number of anilines is 2. The highest BCUT2D eigenvalue weighted by molar-refractivity contribution is 6.30. The molecular weight excluding hydrogens is 329 g/mol. The molecule has 2 aromatic rings. The maximum Gasteiger partial charge on any atom is 0.418 e. The van der Waals surface area contributed by atoms with Crippen LogP contribution < -0.4 is 10.2 Å². The highest BCUT2D eigenvalue weighted by atomic mass is 35.5. The SMILES string of the molecule is CN(C)c1ccc(NC(=O)c2ccc(Cl)cc2)c(C(F)(F)F)c1. The lowest BCUT2D eigenvalue weighted by Crippen LogP contribution is -2.18. The standard InChI is InChI=1S/C16H14ClF3N2O/c1-22(2)12-7-8-14(13(9-12)16(18,19)20)21-15(23)10-3-5-11(17)6-4-10/h3-9H,1-2H3,(H,21,23). The molecule has 0 aliphatic rings. The van der Waals surface area contributed by atoms with Crippen LogP contribution >= 0.6 is 11.6 Å². The molecule has 0 heterocycles. The Bertz CT molecular complexity index is 712. The lowest BCUT2D eigenvalue weighted by Gasteiger charge is -2.18. The van der Waals surface area contributed by atoms with Crippen molar-refractivity contribution in [3.63, 3.8) is 0 Å². The summed E-state index contributed by atoms with van der Waals surface area (Å²) in [6.07, 6.45) is -4.57. The molecule has 2 aromatic carbocycles. The Morgan fingerprint density at radius 1 is 1.09 bits per heavy atom. The van der Waals surface area contributed by atoms with Crippen LogP contribution in [0.3, 0.4) is 0 Å². The lowest BCUT2D eigenvalue weighted by molar-refractivity contribution is -0.136. The Morgan fingerprint density at radius 2 is 1.70 bits per heavy atom. The molecule has 0 aliphatic heterocycles. The molecular formula is C16H14ClF3N2O. The van der Waals surface area contributed by atoms with E-state index in [0.29, 0.717) is 10.7 Å². The zero-order valence-corrected chi connectivity index (χ0v) is 13.2. The number of benzene rings is 2. The van der Waals surface area contributed by atoms with Crippen LogP contribution in [0.1, 0.15) is 15.9 Å². The van der Waals surface area contributed by atoms with Gasteiger partial charge < -0.3 is 10.2 Å². The average Bonchev–Trinajstić information content (AvgIpc) is 2.46. The van der Waals surface area contributed by atoms with Gasteiger partial charge in [0.05, 0.1) is 11.3 Å². The Hall–Kier alpha value is -2.21. The third-order valence-electron chi connectivity index (χ3n) is 3.18. The van der Waals surface area contributed by atoms with Gasteiger partial charge in [0.25, 0.3) is 5.91 Å². The number of amides is 1. The maximum atomic E-state index is 13.2. The van der Waals surface area contributed by atoms with Gasteiger partial charge in [-0.05, 0) is 42.5 Å². The summed E-state index contributed by atoms with van der Waals surface area (Å²) < 4.78 is 39.6. The molecule has 0 unspecified atom stereocenters. The van der Waals surface area contributed by atoms with Crippen LogP contribution in [0.5, 0.6) is 0 Å². The zero-order chi connectivity index (χ0) is 17.2. The summed E-state index contributed by atoms with van der Waals surface area (Å²) in [7, 11) is 3.28. The number of hydrogen-bond donors (Lipinski definition) is 1. The first-order valence-corrected chi connectivity index (χ1v) is 7.02. The topological polar surface area (TPSA) is 32.3 Å². The highest BCUT2D eigenvalue weighted by Gasteiger charge is 2.34. The van der Waals surface area contributed by atoms with Crippen LogP contribution in [-0.4, -0.2) is 20.0 Å². The van der Waals surface area contributed by atoms with Gasteiger partial charge in [-0.2, -0.15) is 13.2 Å². The van der Waals surface area contributed by atoms with Crippen molar-refractivity contribution in [1.29, 1.82) is 0 Å². The van der Waals surface area contributed by atoms with E-state index in [4.69, 9.17) is 11.6 Å². The molecule has 1 amide bonds. The number of rotatable bonds is 3. The van der Waals surface area contributed by atoms with Gasteiger partial charge in [0.15, 0.2) is 0 Å². The fourth-order valence-corrected chi connectivity index (χ4v) is 2.08. The van der Waals surface area contributed by atoms with E-state index in [1.807, 2.05) is 0 Å². The van der Waals surface area contributed by atoms with Crippen LogP contribution in [0, 0.1) is 0 Å². The van der Waals surface area contributed by atoms with E-state index in [2.05, 4.69) is 5.32 Å². The first-order chi connectivity index (χ1) is 10.7. The number of halogens is 4. The summed E-state index contributed by atoms with van der Waals surface area (Å²) in [5.41, 5.74) is -0.574. The number of carbonyl (C=O) groups is 1. The van der Waals surface area contributed by atoms with Gasteiger partial charge in [-0.1, -0.05) is 11.6 Å². The molecule has 0 atom stereocenters. The molecule has 0 fully saturated rings. The molecule has 0 aromatic heterocycles. The summed E-state index contributed by atoms with van der Waals surface area (Å²) in [6, 6.07) is 9.63. The number of nitrogens with zero attached hydrogens (tertiary/aromatic N) is 1. The summed E-state index contributed by atoms with van der Waals surface area (Å²) in [5, 5.41) is 2.74. The molecule has 7 heteroatoms. The second kappa shape index (κ2) is 6.50. The number of hydrogen-bond acceptors (Lipinski definition) is 2. The van der Waals surface area contributed by atoms with E-state index >= 15 is 0 Å². The molecule has 23 heavy (non-hydrogen) atoms. The van der Waals surface area contributed by atoms with Gasteiger partial charge in [-0.3, -0.25) is 4.79 Å². The summed E-state index contributed by atoms with van der Waals surface area (Å²) in [6.45, 7) is 0. The molecule has 1 N–H and O–H groups in total. The maximum absolute atomic E-state index is 13.2. The summed E-state index contributed by atoms with van der Waals surface area (Å²) >= 11 is 5.72. The van der Waals surface area contributed by atoms with Gasteiger partial charge >= 0.3 is 6.18 Å². The van der Waals surface area contributed by atoms with Crippen molar-refractivity contribution in [1.82, 2.24) is 0 Å². The molecule has 2 rings (SSSR count). The third kappa shape index (κ3) is 4.16. The van der Waals surface area contributed by atoms with E-state index in [0.717, 1.165) is 6.07 Å². The molecule has 3 nitrogen and oxygen atoms in total. The molecule has 0 aliphatic carbocycles. The Balaban J connectivity index is 2.35. The van der Waals surface area contributed by atoms with Crippen molar-refractivity contribution in [2.45, 2.75) is 6.18 Å². The number of carbonyl (C=O) groups excluding carboxylic acids is 1. The lowest BCUT2D eigenvalue weighted by atomic mass is 10.1. The van der Waals surface area contributed by atoms with Crippen molar-refractivity contribution >= 4 is 28.9 Å². The Labute approximate surface area is 136 Å². The molecule has 0 saturated carbocycles. The quantitative estimate of drug-likeness (QED) is 0.878. The van der Waals surface area contributed by atoms with E-state index in [1.54, 1.807) is 19.0 Å². The van der Waals surface area contributed by atoms with Crippen LogP contribution in [0.25, 0.3) is 0 Å². The van der Waals surface area contributed by atoms with Gasteiger partial charge in [0, 0.05) is 30.4 Å². The fourth-order valence-electron chi connectivity index (χ4n) is 1.95. The third-order valence-corrected chi connectivity index (χ3v) is 3.43. The predicted octanol–water partition coefficient (Wildman–Crippen LogP) is 4.68. The first kappa shape index (κ1) is 17.1. The van der Waals surface area contributed by atoms with Gasteiger partial charge in [-0.15, -0.1) is 0 Å². The molecule has 0 saturated heterocycles. The van der Waals surface area contributed by atoms with E-state index in [9.17, 15) is 18.0 Å². The van der Waals surface area contributed by atoms with Gasteiger partial charge in [0.1, 0.15) is 0 Å². The normalized spacial score (nSPS) is 11.2. The minimum absolute atomic E-state index is 0.221. The average molecular weight is 343 g/mol. The van der Waals surface area contributed by atoms with E-state index < -0.39 is 17.6 Å². The number of nitrogens with one attached hydrogen (secondary N) is 1. The molecule has 122 valence electrons. The Morgan fingerprint density at radius 3 is 2.22 bits per heavy atom. The van der Waals surface area contributed by atoms with Crippen LogP contribution in [0.2, 0.25) is 5.02 Å². The van der Waals surface area contributed by atoms with Crippen molar-refractivity contribution in [3.05, 3.63) is 58.6 Å². The number of alkyl halides is 3. The van der Waals surface area contributed by atoms with Gasteiger partial charge in [0.2, 0.25) is 0 Å². The fraction of sp³-hybridized carbons (Fsp3) is 0.188. The summed E-state index contributed by atoms with van der Waals surface area (Å²) in [5.74, 6) is -0.634. The largest absolute Gasteiger partial charge is 0.418 e. The van der Waals surface area contributed by atoms with Gasteiger partial charge in [-0.25, -0.2) is 0 Å². The minimum Gasteiger partial charge on any atom is -0.378 e. The predicted molar refractivity (Wildman–Crippen MR) is 85.2 cm³/mol. The molecule has 0 spiro atoms. The second-order valence-corrected chi connectivity index (χ2v) is 5.52. The molecule has 0 radical (unpaired) electrons. The van der Waals surface area contributed by atoms with Crippen LogP contribution in [-0.2, 0) is 6.18 Å². The zero-order valence-electron chi connectivity index (χ0n) is 12.4. The first-order valence-electron chi connectivity index (χ1n) is 6.64. The van der Waals surface area contributed by atoms with Crippen molar-refractivity contribution in [2.24, 2.45) is 0 Å². The highest BCUT2D eigenvalue weighted by Crippen LogP contribution is 2.37. The smallest absolute Gasteiger partial charge is 0.378 e.